The Morgan fingerprint density at radius 3 is 2.19 bits per heavy atom. The largest absolute Gasteiger partial charge is 0.322 e. The number of carbonyl (C=O) groups is 1. The molecule has 0 heterocycles. The molecule has 0 radical (unpaired) electrons. The van der Waals surface area contributed by atoms with Gasteiger partial charge in [0.15, 0.2) is 0 Å². The molecule has 1 amide bonds. The Balaban J connectivity index is 2.32. The van der Waals surface area contributed by atoms with E-state index >= 15 is 0 Å². The quantitative estimate of drug-likeness (QED) is 0.765. The smallest absolute Gasteiger partial charge is 0.257 e. The third kappa shape index (κ3) is 4.44. The molecule has 0 bridgehead atoms. The Labute approximate surface area is 160 Å². The van der Waals surface area contributed by atoms with Crippen LogP contribution in [0.3, 0.4) is 0 Å². The van der Waals surface area contributed by atoms with Crippen LogP contribution in [0.5, 0.6) is 0 Å². The minimum atomic E-state index is -3.66. The number of amides is 1. The molecule has 0 atom stereocenters. The number of sulfonamides is 1. The normalized spacial score (nSPS) is 11.6. The highest BCUT2D eigenvalue weighted by Crippen LogP contribution is 2.24. The molecule has 0 aliphatic heterocycles. The molecule has 0 aromatic heterocycles. The van der Waals surface area contributed by atoms with Gasteiger partial charge in [0.2, 0.25) is 10.0 Å². The first kappa shape index (κ1) is 20.4. The molecule has 0 saturated carbocycles. The van der Waals surface area contributed by atoms with Gasteiger partial charge in [0.1, 0.15) is 0 Å². The highest BCUT2D eigenvalue weighted by atomic mass is 35.5. The van der Waals surface area contributed by atoms with E-state index in [9.17, 15) is 13.2 Å². The predicted octanol–water partition coefficient (Wildman–Crippen LogP) is 4.19. The fraction of sp³-hybridized carbons (Fsp3) is 0.316. The second-order valence-electron chi connectivity index (χ2n) is 5.74. The van der Waals surface area contributed by atoms with Crippen LogP contribution in [0, 0.1) is 0 Å². The Bertz CT molecular complexity index is 876. The van der Waals surface area contributed by atoms with Crippen molar-refractivity contribution in [2.45, 2.75) is 32.1 Å². The lowest BCUT2D eigenvalue weighted by molar-refractivity contribution is 0.102. The van der Waals surface area contributed by atoms with Gasteiger partial charge in [-0.2, -0.15) is 4.31 Å². The monoisotopic (exact) mass is 394 g/mol. The standard InChI is InChI=1S/C19H23ClN2O3S/c1-4-14-7-9-15(10-8-14)21-19(23)17-13-16(11-12-18(17)20)26(24,25)22(5-2)6-3/h7-13H,4-6H2,1-3H3,(H,21,23). The van der Waals surface area contributed by atoms with Gasteiger partial charge in [-0.1, -0.05) is 44.5 Å². The van der Waals surface area contributed by atoms with Crippen LogP contribution < -0.4 is 5.32 Å². The van der Waals surface area contributed by atoms with Crippen LogP contribution >= 0.6 is 11.6 Å². The van der Waals surface area contributed by atoms with E-state index in [1.165, 1.54) is 22.5 Å². The van der Waals surface area contributed by atoms with E-state index in [1.54, 1.807) is 26.0 Å². The molecule has 7 heteroatoms. The topological polar surface area (TPSA) is 66.5 Å². The molecule has 0 aliphatic rings. The van der Waals surface area contributed by atoms with Crippen molar-refractivity contribution >= 4 is 33.2 Å². The van der Waals surface area contributed by atoms with Crippen LogP contribution in [-0.4, -0.2) is 31.7 Å². The van der Waals surface area contributed by atoms with Crippen LogP contribution in [-0.2, 0) is 16.4 Å². The average molecular weight is 395 g/mol. The van der Waals surface area contributed by atoms with Crippen LogP contribution in [0.25, 0.3) is 0 Å². The highest BCUT2D eigenvalue weighted by molar-refractivity contribution is 7.89. The molecule has 2 aromatic carbocycles. The number of benzene rings is 2. The van der Waals surface area contributed by atoms with Gasteiger partial charge in [-0.15, -0.1) is 0 Å². The molecule has 0 unspecified atom stereocenters. The minimum Gasteiger partial charge on any atom is -0.322 e. The summed E-state index contributed by atoms with van der Waals surface area (Å²) in [6.45, 7) is 6.30. The average Bonchev–Trinajstić information content (AvgIpc) is 2.63. The lowest BCUT2D eigenvalue weighted by Crippen LogP contribution is -2.30. The van der Waals surface area contributed by atoms with Crippen LogP contribution in [0.4, 0.5) is 5.69 Å². The van der Waals surface area contributed by atoms with Gasteiger partial charge in [-0.05, 0) is 42.3 Å². The molecule has 140 valence electrons. The van der Waals surface area contributed by atoms with Gasteiger partial charge in [-0.25, -0.2) is 8.42 Å². The Morgan fingerprint density at radius 2 is 1.65 bits per heavy atom. The number of hydrogen-bond donors (Lipinski definition) is 1. The number of carbonyl (C=O) groups excluding carboxylic acids is 1. The summed E-state index contributed by atoms with van der Waals surface area (Å²) in [5, 5.41) is 2.95. The zero-order valence-electron chi connectivity index (χ0n) is 15.1. The Hall–Kier alpha value is -1.89. The van der Waals surface area contributed by atoms with Gasteiger partial charge in [0.25, 0.3) is 5.91 Å². The maximum Gasteiger partial charge on any atom is 0.257 e. The molecular weight excluding hydrogens is 372 g/mol. The summed E-state index contributed by atoms with van der Waals surface area (Å²) < 4.78 is 26.7. The van der Waals surface area contributed by atoms with Gasteiger partial charge in [0, 0.05) is 18.8 Å². The maximum atomic E-state index is 12.7. The number of halogens is 1. The molecule has 2 rings (SSSR count). The Kier molecular flexibility index (Phi) is 6.81. The lowest BCUT2D eigenvalue weighted by Gasteiger charge is -2.19. The van der Waals surface area contributed by atoms with Crippen molar-refractivity contribution in [2.24, 2.45) is 0 Å². The molecule has 0 fully saturated rings. The van der Waals surface area contributed by atoms with Crippen molar-refractivity contribution < 1.29 is 13.2 Å². The second kappa shape index (κ2) is 8.66. The summed E-state index contributed by atoms with van der Waals surface area (Å²) >= 11 is 6.13. The van der Waals surface area contributed by atoms with Crippen molar-refractivity contribution in [1.82, 2.24) is 4.31 Å². The van der Waals surface area contributed by atoms with Crippen LogP contribution in [0.2, 0.25) is 5.02 Å². The summed E-state index contributed by atoms with van der Waals surface area (Å²) in [5.41, 5.74) is 1.91. The minimum absolute atomic E-state index is 0.0529. The summed E-state index contributed by atoms with van der Waals surface area (Å²) in [6, 6.07) is 11.7. The number of aryl methyl sites for hydroxylation is 1. The van der Waals surface area contributed by atoms with E-state index in [4.69, 9.17) is 11.6 Å². The van der Waals surface area contributed by atoms with Crippen molar-refractivity contribution in [3.05, 3.63) is 58.6 Å². The zero-order chi connectivity index (χ0) is 19.3. The van der Waals surface area contributed by atoms with E-state index in [-0.39, 0.29) is 15.5 Å². The molecule has 1 N–H and O–H groups in total. The zero-order valence-corrected chi connectivity index (χ0v) is 16.7. The fourth-order valence-corrected chi connectivity index (χ4v) is 4.26. The fourth-order valence-electron chi connectivity index (χ4n) is 2.57. The molecule has 0 saturated heterocycles. The van der Waals surface area contributed by atoms with Crippen molar-refractivity contribution in [3.63, 3.8) is 0 Å². The van der Waals surface area contributed by atoms with Gasteiger partial charge >= 0.3 is 0 Å². The van der Waals surface area contributed by atoms with E-state index in [0.717, 1.165) is 12.0 Å². The van der Waals surface area contributed by atoms with Gasteiger partial charge < -0.3 is 5.32 Å². The van der Waals surface area contributed by atoms with E-state index < -0.39 is 15.9 Å². The molecule has 26 heavy (non-hydrogen) atoms. The first-order chi connectivity index (χ1) is 12.3. The lowest BCUT2D eigenvalue weighted by atomic mass is 10.1. The highest BCUT2D eigenvalue weighted by Gasteiger charge is 2.23. The van der Waals surface area contributed by atoms with E-state index in [2.05, 4.69) is 12.2 Å². The number of rotatable bonds is 7. The van der Waals surface area contributed by atoms with E-state index in [1.807, 2.05) is 12.1 Å². The second-order valence-corrected chi connectivity index (χ2v) is 8.08. The van der Waals surface area contributed by atoms with Crippen molar-refractivity contribution in [2.75, 3.05) is 18.4 Å². The molecule has 0 spiro atoms. The number of nitrogens with one attached hydrogen (secondary N) is 1. The summed E-state index contributed by atoms with van der Waals surface area (Å²) in [4.78, 5) is 12.6. The van der Waals surface area contributed by atoms with Crippen molar-refractivity contribution in [3.8, 4) is 0 Å². The first-order valence-electron chi connectivity index (χ1n) is 8.53. The number of nitrogens with zero attached hydrogens (tertiary/aromatic N) is 1. The molecule has 0 aliphatic carbocycles. The SMILES string of the molecule is CCc1ccc(NC(=O)c2cc(S(=O)(=O)N(CC)CC)ccc2Cl)cc1. The summed E-state index contributed by atoms with van der Waals surface area (Å²) in [6.07, 6.45) is 0.908. The molecular formula is C19H23ClN2O3S. The third-order valence-corrected chi connectivity index (χ3v) is 6.52. The van der Waals surface area contributed by atoms with Gasteiger partial charge in [0.05, 0.1) is 15.5 Å². The van der Waals surface area contributed by atoms with Crippen LogP contribution in [0.1, 0.15) is 36.7 Å². The third-order valence-electron chi connectivity index (χ3n) is 4.15. The van der Waals surface area contributed by atoms with Gasteiger partial charge in [-0.3, -0.25) is 4.79 Å². The molecule has 2 aromatic rings. The maximum absolute atomic E-state index is 12.7. The summed E-state index contributed by atoms with van der Waals surface area (Å²) in [5.74, 6) is -0.448. The number of anilines is 1. The molecule has 5 nitrogen and oxygen atoms in total. The van der Waals surface area contributed by atoms with Crippen LogP contribution in [0.15, 0.2) is 47.4 Å². The van der Waals surface area contributed by atoms with E-state index in [0.29, 0.717) is 18.8 Å². The number of hydrogen-bond acceptors (Lipinski definition) is 3. The predicted molar refractivity (Wildman–Crippen MR) is 105 cm³/mol. The Morgan fingerprint density at radius 1 is 1.04 bits per heavy atom. The first-order valence-corrected chi connectivity index (χ1v) is 10.3. The van der Waals surface area contributed by atoms with Crippen molar-refractivity contribution in [1.29, 1.82) is 0 Å². The summed E-state index contributed by atoms with van der Waals surface area (Å²) in [7, 11) is -3.66.